The molecule has 1 aliphatic heterocycles. The van der Waals surface area contributed by atoms with Crippen LogP contribution in [0.25, 0.3) is 0 Å². The molecule has 0 bridgehead atoms. The largest absolute Gasteiger partial charge is 0.396 e. The standard InChI is InChI=1S/C13H18Cl2N2O/c14-10-1-2-11(12(15)9-10)13(3-8-18)17-6-4-16-5-7-17/h1-2,9,13,16,18H,3-8H2/t13-/m0/s1. The molecule has 1 fully saturated rings. The molecule has 1 aromatic rings. The average Bonchev–Trinajstić information content (AvgIpc) is 2.38. The van der Waals surface area contributed by atoms with Gasteiger partial charge in [0.2, 0.25) is 0 Å². The lowest BCUT2D eigenvalue weighted by molar-refractivity contribution is 0.141. The van der Waals surface area contributed by atoms with E-state index >= 15 is 0 Å². The first-order valence-electron chi connectivity index (χ1n) is 6.23. The Labute approximate surface area is 118 Å². The van der Waals surface area contributed by atoms with Crippen molar-refractivity contribution in [2.45, 2.75) is 12.5 Å². The molecule has 18 heavy (non-hydrogen) atoms. The van der Waals surface area contributed by atoms with Gasteiger partial charge in [0.25, 0.3) is 0 Å². The highest BCUT2D eigenvalue weighted by Crippen LogP contribution is 2.32. The van der Waals surface area contributed by atoms with Crippen LogP contribution in [0, 0.1) is 0 Å². The molecule has 0 spiro atoms. The van der Waals surface area contributed by atoms with Crippen molar-refractivity contribution in [3.8, 4) is 0 Å². The summed E-state index contributed by atoms with van der Waals surface area (Å²) in [6, 6.07) is 5.76. The number of nitrogens with one attached hydrogen (secondary N) is 1. The molecule has 0 radical (unpaired) electrons. The molecule has 1 atom stereocenters. The third kappa shape index (κ3) is 3.37. The molecule has 1 aliphatic rings. The van der Waals surface area contributed by atoms with E-state index in [1.54, 1.807) is 6.07 Å². The lowest BCUT2D eigenvalue weighted by Crippen LogP contribution is -2.45. The summed E-state index contributed by atoms with van der Waals surface area (Å²) in [5.74, 6) is 0. The van der Waals surface area contributed by atoms with E-state index in [0.717, 1.165) is 31.7 Å². The number of hydrogen-bond acceptors (Lipinski definition) is 3. The van der Waals surface area contributed by atoms with Crippen molar-refractivity contribution in [3.05, 3.63) is 33.8 Å². The van der Waals surface area contributed by atoms with Gasteiger partial charge in [-0.05, 0) is 24.1 Å². The van der Waals surface area contributed by atoms with Crippen molar-refractivity contribution in [2.75, 3.05) is 32.8 Å². The monoisotopic (exact) mass is 288 g/mol. The zero-order valence-electron chi connectivity index (χ0n) is 10.2. The maximum atomic E-state index is 9.26. The minimum Gasteiger partial charge on any atom is -0.396 e. The number of hydrogen-bond donors (Lipinski definition) is 2. The van der Waals surface area contributed by atoms with Crippen LogP contribution in [0.4, 0.5) is 0 Å². The molecule has 5 heteroatoms. The summed E-state index contributed by atoms with van der Waals surface area (Å²) in [7, 11) is 0. The first-order chi connectivity index (χ1) is 8.72. The van der Waals surface area contributed by atoms with Crippen molar-refractivity contribution in [2.24, 2.45) is 0 Å². The molecule has 0 aliphatic carbocycles. The summed E-state index contributed by atoms with van der Waals surface area (Å²) in [6.07, 6.45) is 0.696. The molecular formula is C13H18Cl2N2O. The Bertz CT molecular complexity index is 395. The van der Waals surface area contributed by atoms with Gasteiger partial charge in [-0.2, -0.15) is 0 Å². The van der Waals surface area contributed by atoms with Gasteiger partial charge in [0.15, 0.2) is 0 Å². The van der Waals surface area contributed by atoms with Gasteiger partial charge in [0.05, 0.1) is 0 Å². The molecule has 1 saturated heterocycles. The lowest BCUT2D eigenvalue weighted by Gasteiger charge is -2.35. The van der Waals surface area contributed by atoms with E-state index in [9.17, 15) is 5.11 Å². The zero-order valence-corrected chi connectivity index (χ0v) is 11.7. The highest BCUT2D eigenvalue weighted by molar-refractivity contribution is 6.35. The van der Waals surface area contributed by atoms with Gasteiger partial charge in [0, 0.05) is 48.9 Å². The van der Waals surface area contributed by atoms with Crippen LogP contribution in [-0.2, 0) is 0 Å². The van der Waals surface area contributed by atoms with Crippen molar-refractivity contribution in [3.63, 3.8) is 0 Å². The molecule has 1 aromatic carbocycles. The van der Waals surface area contributed by atoms with E-state index in [2.05, 4.69) is 10.2 Å². The Kier molecular flexibility index (Phi) is 5.27. The van der Waals surface area contributed by atoms with Crippen LogP contribution in [0.5, 0.6) is 0 Å². The fourth-order valence-corrected chi connectivity index (χ4v) is 2.96. The molecule has 0 saturated carbocycles. The molecule has 1 heterocycles. The number of piperazine rings is 1. The third-order valence-electron chi connectivity index (χ3n) is 3.32. The number of nitrogens with zero attached hydrogens (tertiary/aromatic N) is 1. The number of rotatable bonds is 4. The van der Waals surface area contributed by atoms with Gasteiger partial charge in [-0.3, -0.25) is 4.90 Å². The maximum absolute atomic E-state index is 9.26. The topological polar surface area (TPSA) is 35.5 Å². The van der Waals surface area contributed by atoms with E-state index < -0.39 is 0 Å². The van der Waals surface area contributed by atoms with Crippen LogP contribution in [-0.4, -0.2) is 42.8 Å². The highest BCUT2D eigenvalue weighted by atomic mass is 35.5. The fourth-order valence-electron chi connectivity index (χ4n) is 2.42. The lowest BCUT2D eigenvalue weighted by atomic mass is 10.0. The molecule has 2 rings (SSSR count). The smallest absolute Gasteiger partial charge is 0.0468 e. The van der Waals surface area contributed by atoms with E-state index in [1.807, 2.05) is 12.1 Å². The Balaban J connectivity index is 2.22. The van der Waals surface area contributed by atoms with E-state index in [1.165, 1.54) is 0 Å². The Morgan fingerprint density at radius 2 is 2.00 bits per heavy atom. The van der Waals surface area contributed by atoms with Gasteiger partial charge in [0.1, 0.15) is 0 Å². The summed E-state index contributed by atoms with van der Waals surface area (Å²) < 4.78 is 0. The Hall–Kier alpha value is -0.320. The minimum absolute atomic E-state index is 0.160. The predicted molar refractivity (Wildman–Crippen MR) is 75.3 cm³/mol. The van der Waals surface area contributed by atoms with E-state index in [-0.39, 0.29) is 12.6 Å². The van der Waals surface area contributed by atoms with Crippen molar-refractivity contribution < 1.29 is 5.11 Å². The third-order valence-corrected chi connectivity index (χ3v) is 3.88. The van der Waals surface area contributed by atoms with E-state index in [0.29, 0.717) is 16.5 Å². The van der Waals surface area contributed by atoms with Gasteiger partial charge in [-0.1, -0.05) is 29.3 Å². The van der Waals surface area contributed by atoms with Gasteiger partial charge >= 0.3 is 0 Å². The second-order valence-electron chi connectivity index (χ2n) is 4.48. The van der Waals surface area contributed by atoms with Crippen molar-refractivity contribution in [1.82, 2.24) is 10.2 Å². The van der Waals surface area contributed by atoms with Crippen LogP contribution in [0.3, 0.4) is 0 Å². The van der Waals surface area contributed by atoms with Gasteiger partial charge in [-0.25, -0.2) is 0 Å². The summed E-state index contributed by atoms with van der Waals surface area (Å²) >= 11 is 12.2. The van der Waals surface area contributed by atoms with Crippen LogP contribution >= 0.6 is 23.2 Å². The number of aliphatic hydroxyl groups excluding tert-OH is 1. The molecule has 0 unspecified atom stereocenters. The van der Waals surface area contributed by atoms with Crippen molar-refractivity contribution >= 4 is 23.2 Å². The highest BCUT2D eigenvalue weighted by Gasteiger charge is 2.23. The van der Waals surface area contributed by atoms with Gasteiger partial charge in [-0.15, -0.1) is 0 Å². The van der Waals surface area contributed by atoms with Crippen LogP contribution in [0.1, 0.15) is 18.0 Å². The SMILES string of the molecule is OCC[C@@H](c1ccc(Cl)cc1Cl)N1CCNCC1. The van der Waals surface area contributed by atoms with Crippen LogP contribution < -0.4 is 5.32 Å². The number of aliphatic hydroxyl groups is 1. The van der Waals surface area contributed by atoms with E-state index in [4.69, 9.17) is 23.2 Å². The number of halogens is 2. The molecular weight excluding hydrogens is 271 g/mol. The summed E-state index contributed by atoms with van der Waals surface area (Å²) in [5.41, 5.74) is 1.05. The second-order valence-corrected chi connectivity index (χ2v) is 5.32. The normalized spacial score (nSPS) is 18.8. The molecule has 3 nitrogen and oxygen atoms in total. The predicted octanol–water partition coefficient (Wildman–Crippen LogP) is 2.32. The first kappa shape index (κ1) is 14.1. The summed E-state index contributed by atoms with van der Waals surface area (Å²) in [4.78, 5) is 2.36. The number of benzene rings is 1. The van der Waals surface area contributed by atoms with Crippen LogP contribution in [0.15, 0.2) is 18.2 Å². The minimum atomic E-state index is 0.160. The van der Waals surface area contributed by atoms with Crippen LogP contribution in [0.2, 0.25) is 10.0 Å². The quantitative estimate of drug-likeness (QED) is 0.893. The van der Waals surface area contributed by atoms with Gasteiger partial charge < -0.3 is 10.4 Å². The molecule has 0 amide bonds. The molecule has 100 valence electrons. The first-order valence-corrected chi connectivity index (χ1v) is 6.98. The Morgan fingerprint density at radius 3 is 2.61 bits per heavy atom. The second kappa shape index (κ2) is 6.73. The molecule has 0 aromatic heterocycles. The molecule has 2 N–H and O–H groups in total. The Morgan fingerprint density at radius 1 is 1.28 bits per heavy atom. The maximum Gasteiger partial charge on any atom is 0.0468 e. The summed E-state index contributed by atoms with van der Waals surface area (Å²) in [5, 5.41) is 13.9. The fraction of sp³-hybridized carbons (Fsp3) is 0.538. The van der Waals surface area contributed by atoms with Crippen molar-refractivity contribution in [1.29, 1.82) is 0 Å². The average molecular weight is 289 g/mol. The zero-order chi connectivity index (χ0) is 13.0. The summed E-state index contributed by atoms with van der Waals surface area (Å²) in [6.45, 7) is 4.07.